The Kier molecular flexibility index (Phi) is 7.30. The summed E-state index contributed by atoms with van der Waals surface area (Å²) in [5.41, 5.74) is 13.1. The van der Waals surface area contributed by atoms with E-state index in [1.54, 1.807) is 0 Å². The van der Waals surface area contributed by atoms with Crippen molar-refractivity contribution in [1.29, 1.82) is 0 Å². The highest BCUT2D eigenvalue weighted by molar-refractivity contribution is 6.09. The minimum Gasteiger partial charge on any atom is -0.355 e. The van der Waals surface area contributed by atoms with Crippen LogP contribution in [-0.2, 0) is 5.41 Å². The molecule has 4 heteroatoms. The number of hydrogen-bond acceptors (Lipinski definition) is 3. The topological polar surface area (TPSA) is 24.3 Å². The highest BCUT2D eigenvalue weighted by atomic mass is 15.4. The third-order valence-corrected chi connectivity index (χ3v) is 11.6. The Morgan fingerprint density at radius 3 is 1.91 bits per heavy atom. The molecule has 0 fully saturated rings. The van der Waals surface area contributed by atoms with Gasteiger partial charge in [-0.25, -0.2) is 4.98 Å². The molecule has 3 heterocycles. The van der Waals surface area contributed by atoms with E-state index in [0.717, 1.165) is 66.8 Å². The molecular formula is C52H42N4. The van der Waals surface area contributed by atoms with Crippen LogP contribution in [0.4, 0.5) is 17.1 Å². The minimum atomic E-state index is -2.29. The Balaban J connectivity index is 1.24. The summed E-state index contributed by atoms with van der Waals surface area (Å²) in [4.78, 5) is 8.66. The summed E-state index contributed by atoms with van der Waals surface area (Å²) in [7, 11) is 0. The van der Waals surface area contributed by atoms with Crippen molar-refractivity contribution in [2.24, 2.45) is 0 Å². The second-order valence-electron chi connectivity index (χ2n) is 14.8. The molecule has 7 aromatic carbocycles. The van der Waals surface area contributed by atoms with E-state index in [-0.39, 0.29) is 6.67 Å². The molecule has 9 aromatic rings. The van der Waals surface area contributed by atoms with Gasteiger partial charge in [-0.2, -0.15) is 0 Å². The Morgan fingerprint density at radius 1 is 0.536 bits per heavy atom. The highest BCUT2D eigenvalue weighted by Crippen LogP contribution is 2.49. The number of aromatic nitrogens is 2. The first kappa shape index (κ1) is 30.4. The van der Waals surface area contributed by atoms with Gasteiger partial charge in [0.15, 0.2) is 0 Å². The lowest BCUT2D eigenvalue weighted by molar-refractivity contribution is 0.745. The third-order valence-electron chi connectivity index (χ3n) is 11.6. The summed E-state index contributed by atoms with van der Waals surface area (Å²) in [6, 6.07) is 64.1. The van der Waals surface area contributed by atoms with E-state index in [4.69, 9.17) is 9.10 Å². The van der Waals surface area contributed by atoms with Crippen LogP contribution in [0.15, 0.2) is 188 Å². The van der Waals surface area contributed by atoms with E-state index >= 15 is 0 Å². The summed E-state index contributed by atoms with van der Waals surface area (Å²) >= 11 is 0. The Bertz CT molecular complexity index is 2950. The number of aryl methyl sites for hydroxylation is 2. The van der Waals surface area contributed by atoms with Gasteiger partial charge in [0.05, 0.1) is 34.5 Å². The molecule has 0 saturated carbocycles. The largest absolute Gasteiger partial charge is 0.355 e. The van der Waals surface area contributed by atoms with Crippen molar-refractivity contribution >= 4 is 38.9 Å². The molecule has 0 atom stereocenters. The average molecular weight is 726 g/mol. The number of pyridine rings is 1. The standard InChI is InChI=1S/C52H42N4/c1-36-16-14-17-37(2)51(36)38-30-31-53-50(32-38)56-46-25-11-10-24-44(46)45-29-28-42(34-49(45)56)52(39-18-6-4-7-19-39,40-20-8-5-9-21-40)41-22-15-23-43(33-41)55-35-54(3)47-26-12-13-27-48(47)55/h4-34H,35H2,1-3H3/i3D3. The fourth-order valence-electron chi connectivity index (χ4n) is 9.14. The molecular weight excluding hydrogens is 681 g/mol. The van der Waals surface area contributed by atoms with Gasteiger partial charge in [0.25, 0.3) is 0 Å². The zero-order valence-corrected chi connectivity index (χ0v) is 31.4. The minimum absolute atomic E-state index is 0.211. The maximum Gasteiger partial charge on any atom is 0.138 e. The molecule has 0 unspecified atom stereocenters. The lowest BCUT2D eigenvalue weighted by atomic mass is 9.65. The summed E-state index contributed by atoms with van der Waals surface area (Å²) in [5, 5.41) is 2.30. The van der Waals surface area contributed by atoms with Crippen LogP contribution in [0.2, 0.25) is 0 Å². The number of para-hydroxylation sites is 3. The van der Waals surface area contributed by atoms with Gasteiger partial charge in [0.2, 0.25) is 0 Å². The van der Waals surface area contributed by atoms with Gasteiger partial charge in [-0.05, 0) is 107 Å². The quantitative estimate of drug-likeness (QED) is 0.153. The van der Waals surface area contributed by atoms with Crippen LogP contribution in [0.1, 0.15) is 37.5 Å². The molecule has 0 aliphatic carbocycles. The lowest BCUT2D eigenvalue weighted by Crippen LogP contribution is -2.31. The predicted molar refractivity (Wildman–Crippen MR) is 234 cm³/mol. The van der Waals surface area contributed by atoms with Gasteiger partial charge in [-0.15, -0.1) is 0 Å². The lowest BCUT2D eigenvalue weighted by Gasteiger charge is -2.37. The van der Waals surface area contributed by atoms with E-state index in [1.165, 1.54) is 21.6 Å². The third kappa shape index (κ3) is 5.25. The van der Waals surface area contributed by atoms with Gasteiger partial charge < -0.3 is 9.80 Å². The van der Waals surface area contributed by atoms with Gasteiger partial charge in [-0.3, -0.25) is 4.57 Å². The summed E-state index contributed by atoms with van der Waals surface area (Å²) < 4.78 is 27.4. The molecule has 1 aliphatic heterocycles. The smallest absolute Gasteiger partial charge is 0.138 e. The van der Waals surface area contributed by atoms with Crippen LogP contribution in [0.3, 0.4) is 0 Å². The molecule has 0 saturated heterocycles. The normalized spacial score (nSPS) is 13.8. The van der Waals surface area contributed by atoms with E-state index in [2.05, 4.69) is 181 Å². The Labute approximate surface area is 332 Å². The molecule has 1 aliphatic rings. The maximum atomic E-state index is 8.38. The number of anilines is 3. The molecule has 10 rings (SSSR count). The molecule has 4 nitrogen and oxygen atoms in total. The van der Waals surface area contributed by atoms with Crippen molar-refractivity contribution in [3.05, 3.63) is 222 Å². The second-order valence-corrected chi connectivity index (χ2v) is 14.8. The molecule has 0 N–H and O–H groups in total. The van der Waals surface area contributed by atoms with Crippen molar-refractivity contribution < 1.29 is 4.11 Å². The first-order valence-electron chi connectivity index (χ1n) is 20.7. The highest BCUT2D eigenvalue weighted by Gasteiger charge is 2.39. The number of nitrogens with zero attached hydrogens (tertiary/aromatic N) is 4. The van der Waals surface area contributed by atoms with Gasteiger partial charge in [0, 0.05) is 33.7 Å². The Hall–Kier alpha value is -6.91. The van der Waals surface area contributed by atoms with Crippen LogP contribution in [-0.4, -0.2) is 23.2 Å². The zero-order chi connectivity index (χ0) is 40.3. The maximum absolute atomic E-state index is 8.38. The molecule has 270 valence electrons. The molecule has 0 radical (unpaired) electrons. The summed E-state index contributed by atoms with van der Waals surface area (Å²) in [5.74, 6) is 0.854. The van der Waals surface area contributed by atoms with Gasteiger partial charge in [-0.1, -0.05) is 133 Å². The van der Waals surface area contributed by atoms with Gasteiger partial charge >= 0.3 is 0 Å². The SMILES string of the molecule is [2H]C([2H])([2H])N1CN(c2cccc(C(c3ccccc3)(c3ccccc3)c3ccc4c5ccccc5n(-c5cc(-c6c(C)cccc6C)ccn5)c4c3)c2)c2ccccc21. The Morgan fingerprint density at radius 2 is 1.16 bits per heavy atom. The second kappa shape index (κ2) is 13.4. The first-order chi connectivity index (χ1) is 28.7. The molecule has 0 bridgehead atoms. The monoisotopic (exact) mass is 725 g/mol. The number of rotatable bonds is 7. The fourth-order valence-corrected chi connectivity index (χ4v) is 9.14. The summed E-state index contributed by atoms with van der Waals surface area (Å²) in [6.07, 6.45) is 1.93. The van der Waals surface area contributed by atoms with Crippen LogP contribution < -0.4 is 9.80 Å². The molecule has 2 aromatic heterocycles. The predicted octanol–water partition coefficient (Wildman–Crippen LogP) is 12.4. The zero-order valence-electron chi connectivity index (χ0n) is 34.4. The number of hydrogen-bond donors (Lipinski definition) is 0. The van der Waals surface area contributed by atoms with Crippen molar-refractivity contribution in [2.45, 2.75) is 19.3 Å². The van der Waals surface area contributed by atoms with Crippen LogP contribution in [0.5, 0.6) is 0 Å². The van der Waals surface area contributed by atoms with E-state index in [1.807, 2.05) is 30.5 Å². The van der Waals surface area contributed by atoms with Crippen LogP contribution >= 0.6 is 0 Å². The van der Waals surface area contributed by atoms with Crippen molar-refractivity contribution in [2.75, 3.05) is 23.4 Å². The van der Waals surface area contributed by atoms with Crippen LogP contribution in [0.25, 0.3) is 38.8 Å². The van der Waals surface area contributed by atoms with Crippen molar-refractivity contribution in [3.63, 3.8) is 0 Å². The number of fused-ring (bicyclic) bond motifs is 4. The van der Waals surface area contributed by atoms with Crippen molar-refractivity contribution in [3.8, 4) is 16.9 Å². The molecule has 0 amide bonds. The molecule has 56 heavy (non-hydrogen) atoms. The number of benzene rings is 7. The van der Waals surface area contributed by atoms with Gasteiger partial charge in [0.1, 0.15) is 5.82 Å². The van der Waals surface area contributed by atoms with Crippen molar-refractivity contribution in [1.82, 2.24) is 9.55 Å². The van der Waals surface area contributed by atoms with E-state index < -0.39 is 12.4 Å². The summed E-state index contributed by atoms with van der Waals surface area (Å²) in [6.45, 7) is 2.26. The van der Waals surface area contributed by atoms with E-state index in [0.29, 0.717) is 5.69 Å². The average Bonchev–Trinajstić information content (AvgIpc) is 3.82. The van der Waals surface area contributed by atoms with Crippen LogP contribution in [0, 0.1) is 13.8 Å². The molecule has 0 spiro atoms. The first-order valence-corrected chi connectivity index (χ1v) is 19.2. The van der Waals surface area contributed by atoms with E-state index in [9.17, 15) is 0 Å². The fraction of sp³-hybridized carbons (Fsp3) is 0.0962.